The average molecular weight is 469 g/mol. The number of para-hydroxylation sites is 1. The summed E-state index contributed by atoms with van der Waals surface area (Å²) in [5.74, 6) is 0.780. The fraction of sp³-hybridized carbons (Fsp3) is 0.148. The zero-order valence-electron chi connectivity index (χ0n) is 18.7. The number of aromatic nitrogens is 4. The van der Waals surface area contributed by atoms with Crippen LogP contribution in [0.25, 0.3) is 22.3 Å². The highest BCUT2D eigenvalue weighted by Crippen LogP contribution is 2.39. The molecule has 170 valence electrons. The third-order valence-electron chi connectivity index (χ3n) is 5.69. The summed E-state index contributed by atoms with van der Waals surface area (Å²) >= 11 is 1.42. The topological polar surface area (TPSA) is 72.8 Å². The van der Waals surface area contributed by atoms with E-state index in [1.807, 2.05) is 89.5 Å². The molecule has 0 fully saturated rings. The maximum absolute atomic E-state index is 13.9. The first-order valence-corrected chi connectivity index (χ1v) is 11.9. The van der Waals surface area contributed by atoms with Gasteiger partial charge in [0.2, 0.25) is 0 Å². The number of ketones is 1. The van der Waals surface area contributed by atoms with Gasteiger partial charge in [0.05, 0.1) is 13.2 Å². The first-order valence-electron chi connectivity index (χ1n) is 11.1. The lowest BCUT2D eigenvalue weighted by Gasteiger charge is -2.17. The molecule has 0 aliphatic carbocycles. The van der Waals surface area contributed by atoms with Gasteiger partial charge in [-0.3, -0.25) is 9.36 Å². The Kier molecular flexibility index (Phi) is 6.56. The number of hydrogen-bond acceptors (Lipinski definition) is 5. The van der Waals surface area contributed by atoms with Crippen LogP contribution in [0.1, 0.15) is 21.2 Å². The van der Waals surface area contributed by atoms with E-state index in [-0.39, 0.29) is 5.78 Å². The molecule has 0 radical (unpaired) electrons. The Bertz CT molecular complexity index is 1400. The van der Waals surface area contributed by atoms with Crippen LogP contribution in [0.4, 0.5) is 0 Å². The number of nitrogens with one attached hydrogen (secondary N) is 1. The maximum atomic E-state index is 13.9. The molecule has 0 bridgehead atoms. The SMILES string of the molecule is COCCn1c(S[C@H](C(=O)c2c[nH]c3ccccc23)c2ccccc2)nnc1-c1ccccc1. The van der Waals surface area contributed by atoms with E-state index in [1.165, 1.54) is 11.8 Å². The number of aromatic amines is 1. The summed E-state index contributed by atoms with van der Waals surface area (Å²) in [6.07, 6.45) is 1.80. The molecule has 0 saturated carbocycles. The average Bonchev–Trinajstić information content (AvgIpc) is 3.51. The molecule has 0 spiro atoms. The van der Waals surface area contributed by atoms with Crippen molar-refractivity contribution >= 4 is 28.4 Å². The van der Waals surface area contributed by atoms with Gasteiger partial charge in [-0.15, -0.1) is 10.2 Å². The van der Waals surface area contributed by atoms with Crippen molar-refractivity contribution in [2.24, 2.45) is 0 Å². The van der Waals surface area contributed by atoms with Gasteiger partial charge in [0.25, 0.3) is 0 Å². The Morgan fingerprint density at radius 3 is 2.44 bits per heavy atom. The normalized spacial score (nSPS) is 12.1. The Labute approximate surface area is 202 Å². The minimum Gasteiger partial charge on any atom is -0.383 e. The monoisotopic (exact) mass is 468 g/mol. The Hall–Kier alpha value is -3.68. The molecule has 5 rings (SSSR count). The lowest BCUT2D eigenvalue weighted by molar-refractivity contribution is 0.0991. The number of ether oxygens (including phenoxy) is 1. The third-order valence-corrected chi connectivity index (χ3v) is 6.92. The molecule has 0 amide bonds. The van der Waals surface area contributed by atoms with Crippen LogP contribution in [-0.2, 0) is 11.3 Å². The fourth-order valence-electron chi connectivity index (χ4n) is 3.98. The molecular weight excluding hydrogens is 444 g/mol. The molecule has 3 aromatic carbocycles. The summed E-state index contributed by atoms with van der Waals surface area (Å²) in [6, 6.07) is 27.6. The summed E-state index contributed by atoms with van der Waals surface area (Å²) in [6.45, 7) is 1.09. The molecule has 2 heterocycles. The molecule has 5 aromatic rings. The van der Waals surface area contributed by atoms with Crippen LogP contribution >= 0.6 is 11.8 Å². The molecule has 7 heteroatoms. The summed E-state index contributed by atoms with van der Waals surface area (Å²) < 4.78 is 7.38. The van der Waals surface area contributed by atoms with Crippen LogP contribution in [0.15, 0.2) is 96.3 Å². The highest BCUT2D eigenvalue weighted by atomic mass is 32.2. The maximum Gasteiger partial charge on any atom is 0.192 e. The number of thioether (sulfide) groups is 1. The molecule has 1 N–H and O–H groups in total. The lowest BCUT2D eigenvalue weighted by atomic mass is 10.0. The van der Waals surface area contributed by atoms with Crippen LogP contribution in [-0.4, -0.2) is 39.2 Å². The zero-order valence-corrected chi connectivity index (χ0v) is 19.5. The second kappa shape index (κ2) is 10.1. The van der Waals surface area contributed by atoms with Crippen molar-refractivity contribution in [2.75, 3.05) is 13.7 Å². The first-order chi connectivity index (χ1) is 16.8. The quantitative estimate of drug-likeness (QED) is 0.219. The third kappa shape index (κ3) is 4.40. The number of Topliss-reactive ketones (excluding diaryl/α,β-unsaturated/α-hetero) is 1. The van der Waals surface area contributed by atoms with E-state index in [0.717, 1.165) is 27.9 Å². The number of nitrogens with zero attached hydrogens (tertiary/aromatic N) is 3. The van der Waals surface area contributed by atoms with Crippen molar-refractivity contribution in [3.05, 3.63) is 102 Å². The Morgan fingerprint density at radius 2 is 1.68 bits per heavy atom. The standard InChI is InChI=1S/C27H24N4O2S/c1-33-17-16-31-26(20-12-6-3-7-13-20)29-30-27(31)34-25(19-10-4-2-5-11-19)24(32)22-18-28-23-15-9-8-14-21(22)23/h2-15,18,25,28H,16-17H2,1H3/t25-/m0/s1. The van der Waals surface area contributed by atoms with E-state index in [0.29, 0.717) is 23.9 Å². The van der Waals surface area contributed by atoms with Gasteiger partial charge in [0.1, 0.15) is 5.25 Å². The summed E-state index contributed by atoms with van der Waals surface area (Å²) in [7, 11) is 1.67. The van der Waals surface area contributed by atoms with Crippen LogP contribution in [0.5, 0.6) is 0 Å². The van der Waals surface area contributed by atoms with Crippen LogP contribution in [0, 0.1) is 0 Å². The van der Waals surface area contributed by atoms with Crippen molar-refractivity contribution in [1.82, 2.24) is 19.7 Å². The number of hydrogen-bond donors (Lipinski definition) is 1. The molecule has 34 heavy (non-hydrogen) atoms. The molecular formula is C27H24N4O2S. The van der Waals surface area contributed by atoms with E-state index >= 15 is 0 Å². The molecule has 0 aliphatic rings. The van der Waals surface area contributed by atoms with E-state index < -0.39 is 5.25 Å². The number of carbonyl (C=O) groups is 1. The van der Waals surface area contributed by atoms with E-state index in [2.05, 4.69) is 15.2 Å². The zero-order chi connectivity index (χ0) is 23.3. The second-order valence-corrected chi connectivity index (χ2v) is 8.91. The van der Waals surface area contributed by atoms with Gasteiger partial charge in [-0.05, 0) is 11.6 Å². The number of rotatable bonds is 9. The molecule has 2 aromatic heterocycles. The minimum absolute atomic E-state index is 0.0243. The van der Waals surface area contributed by atoms with E-state index in [9.17, 15) is 4.79 Å². The van der Waals surface area contributed by atoms with Crippen molar-refractivity contribution in [1.29, 1.82) is 0 Å². The van der Waals surface area contributed by atoms with E-state index in [1.54, 1.807) is 13.3 Å². The van der Waals surface area contributed by atoms with Crippen molar-refractivity contribution in [3.8, 4) is 11.4 Å². The van der Waals surface area contributed by atoms with Gasteiger partial charge >= 0.3 is 0 Å². The first kappa shape index (κ1) is 22.1. The number of benzene rings is 3. The summed E-state index contributed by atoms with van der Waals surface area (Å²) in [5.41, 5.74) is 3.50. The largest absolute Gasteiger partial charge is 0.383 e. The number of carbonyl (C=O) groups excluding carboxylic acids is 1. The predicted octanol–water partition coefficient (Wildman–Crippen LogP) is 5.79. The van der Waals surface area contributed by atoms with Gasteiger partial charge < -0.3 is 9.72 Å². The van der Waals surface area contributed by atoms with Gasteiger partial charge in [-0.2, -0.15) is 0 Å². The minimum atomic E-state index is -0.477. The predicted molar refractivity (Wildman–Crippen MR) is 135 cm³/mol. The molecule has 0 aliphatic heterocycles. The van der Waals surface area contributed by atoms with Crippen molar-refractivity contribution < 1.29 is 9.53 Å². The fourth-order valence-corrected chi connectivity index (χ4v) is 5.11. The van der Waals surface area contributed by atoms with Crippen molar-refractivity contribution in [3.63, 3.8) is 0 Å². The van der Waals surface area contributed by atoms with Crippen LogP contribution in [0.2, 0.25) is 0 Å². The highest BCUT2D eigenvalue weighted by molar-refractivity contribution is 8.00. The molecule has 0 saturated heterocycles. The molecule has 1 atom stereocenters. The van der Waals surface area contributed by atoms with Gasteiger partial charge in [-0.1, -0.05) is 90.6 Å². The number of methoxy groups -OCH3 is 1. The lowest BCUT2D eigenvalue weighted by Crippen LogP contribution is -2.12. The van der Waals surface area contributed by atoms with Gasteiger partial charge in [0, 0.05) is 35.3 Å². The van der Waals surface area contributed by atoms with Gasteiger partial charge in [0.15, 0.2) is 16.8 Å². The smallest absolute Gasteiger partial charge is 0.192 e. The number of fused-ring (bicyclic) bond motifs is 1. The summed E-state index contributed by atoms with van der Waals surface area (Å²) in [4.78, 5) is 17.1. The Balaban J connectivity index is 1.56. The van der Waals surface area contributed by atoms with Crippen LogP contribution in [0.3, 0.4) is 0 Å². The van der Waals surface area contributed by atoms with E-state index in [4.69, 9.17) is 4.74 Å². The summed E-state index contributed by atoms with van der Waals surface area (Å²) in [5, 5.41) is 10.1. The van der Waals surface area contributed by atoms with Crippen LogP contribution < -0.4 is 0 Å². The highest BCUT2D eigenvalue weighted by Gasteiger charge is 2.28. The van der Waals surface area contributed by atoms with Crippen molar-refractivity contribution in [2.45, 2.75) is 17.0 Å². The molecule has 6 nitrogen and oxygen atoms in total. The second-order valence-electron chi connectivity index (χ2n) is 7.84. The molecule has 0 unspecified atom stereocenters. The Morgan fingerprint density at radius 1 is 0.971 bits per heavy atom. The van der Waals surface area contributed by atoms with Gasteiger partial charge in [-0.25, -0.2) is 0 Å². The number of H-pyrrole nitrogens is 1.